The average molecular weight is 433 g/mol. The lowest BCUT2D eigenvalue weighted by Gasteiger charge is -2.20. The van der Waals surface area contributed by atoms with Crippen molar-refractivity contribution in [2.24, 2.45) is 5.92 Å². The standard InChI is InChI=1S/C20H15F4N5O2/c21-13-8-11(4-5-12(13)20(22,23)24)16(10-2-3-10)29-19(31)14-9-15(30)28-18(27-14)17-25-6-1-7-26-17/h1,4-10,16H,2-3H2,(H,29,31)(H,27,28,30). The van der Waals surface area contributed by atoms with Crippen LogP contribution < -0.4 is 10.9 Å². The van der Waals surface area contributed by atoms with Gasteiger partial charge in [0.25, 0.3) is 11.5 Å². The summed E-state index contributed by atoms with van der Waals surface area (Å²) in [5, 5.41) is 2.66. The molecule has 2 heterocycles. The molecule has 1 amide bonds. The third kappa shape index (κ3) is 4.60. The minimum absolute atomic E-state index is 0.0122. The summed E-state index contributed by atoms with van der Waals surface area (Å²) < 4.78 is 52.6. The first-order valence-corrected chi connectivity index (χ1v) is 9.28. The summed E-state index contributed by atoms with van der Waals surface area (Å²) in [4.78, 5) is 39.2. The van der Waals surface area contributed by atoms with Crippen LogP contribution in [-0.2, 0) is 6.18 Å². The maximum atomic E-state index is 14.0. The van der Waals surface area contributed by atoms with Crippen molar-refractivity contribution in [3.63, 3.8) is 0 Å². The first-order chi connectivity index (χ1) is 14.7. The SMILES string of the molecule is O=C(NC(c1ccc(C(F)(F)F)c(F)c1)C1CC1)c1cc(=O)[nH]c(-c2ncccn2)n1. The van der Waals surface area contributed by atoms with Crippen LogP contribution in [0.5, 0.6) is 0 Å². The van der Waals surface area contributed by atoms with Gasteiger partial charge in [-0.2, -0.15) is 13.2 Å². The quantitative estimate of drug-likeness (QED) is 0.602. The number of nitrogens with zero attached hydrogens (tertiary/aromatic N) is 3. The van der Waals surface area contributed by atoms with Crippen molar-refractivity contribution in [3.8, 4) is 11.6 Å². The second kappa shape index (κ2) is 7.89. The lowest BCUT2D eigenvalue weighted by atomic mass is 10.00. The fourth-order valence-electron chi connectivity index (χ4n) is 3.17. The van der Waals surface area contributed by atoms with E-state index in [4.69, 9.17) is 0 Å². The predicted octanol–water partition coefficient (Wildman–Crippen LogP) is 3.27. The molecule has 0 bridgehead atoms. The van der Waals surface area contributed by atoms with Crippen molar-refractivity contribution in [2.75, 3.05) is 0 Å². The second-order valence-corrected chi connectivity index (χ2v) is 7.08. The third-order valence-electron chi connectivity index (χ3n) is 4.79. The number of aromatic nitrogens is 4. The van der Waals surface area contributed by atoms with Crippen LogP contribution in [0, 0.1) is 11.7 Å². The largest absolute Gasteiger partial charge is 0.419 e. The lowest BCUT2D eigenvalue weighted by Crippen LogP contribution is -2.32. The monoisotopic (exact) mass is 433 g/mol. The Kier molecular flexibility index (Phi) is 5.25. The van der Waals surface area contributed by atoms with Crippen LogP contribution in [0.4, 0.5) is 17.6 Å². The van der Waals surface area contributed by atoms with E-state index in [1.54, 1.807) is 6.07 Å². The summed E-state index contributed by atoms with van der Waals surface area (Å²) in [7, 11) is 0. The zero-order chi connectivity index (χ0) is 22.2. The normalized spacial score (nSPS) is 14.8. The van der Waals surface area contributed by atoms with Crippen molar-refractivity contribution in [2.45, 2.75) is 25.1 Å². The number of hydrogen-bond acceptors (Lipinski definition) is 5. The van der Waals surface area contributed by atoms with Crippen molar-refractivity contribution in [1.29, 1.82) is 0 Å². The minimum atomic E-state index is -4.81. The van der Waals surface area contributed by atoms with E-state index in [1.807, 2.05) is 0 Å². The molecule has 1 aromatic carbocycles. The first kappa shape index (κ1) is 20.6. The fourth-order valence-corrected chi connectivity index (χ4v) is 3.17. The van der Waals surface area contributed by atoms with Gasteiger partial charge in [-0.15, -0.1) is 0 Å². The van der Waals surface area contributed by atoms with E-state index < -0.39 is 35.1 Å². The highest BCUT2D eigenvalue weighted by Crippen LogP contribution is 2.42. The van der Waals surface area contributed by atoms with Gasteiger partial charge in [-0.3, -0.25) is 9.59 Å². The molecule has 1 aliphatic rings. The molecule has 160 valence electrons. The Hall–Kier alpha value is -3.63. The number of carbonyl (C=O) groups is 1. The number of aromatic amines is 1. The highest BCUT2D eigenvalue weighted by atomic mass is 19.4. The summed E-state index contributed by atoms with van der Waals surface area (Å²) in [6.45, 7) is 0. The molecule has 3 aromatic rings. The molecule has 0 spiro atoms. The Morgan fingerprint density at radius 3 is 2.48 bits per heavy atom. The molecule has 1 aliphatic carbocycles. The Morgan fingerprint density at radius 1 is 1.16 bits per heavy atom. The van der Waals surface area contributed by atoms with Gasteiger partial charge < -0.3 is 10.3 Å². The molecular formula is C20H15F4N5O2. The smallest absolute Gasteiger partial charge is 0.344 e. The van der Waals surface area contributed by atoms with Crippen molar-refractivity contribution in [3.05, 3.63) is 75.7 Å². The maximum absolute atomic E-state index is 14.0. The molecule has 0 saturated heterocycles. The fraction of sp³-hybridized carbons (Fsp3) is 0.250. The lowest BCUT2D eigenvalue weighted by molar-refractivity contribution is -0.140. The van der Waals surface area contributed by atoms with Crippen LogP contribution in [0.3, 0.4) is 0 Å². The third-order valence-corrected chi connectivity index (χ3v) is 4.79. The molecule has 0 aliphatic heterocycles. The Labute approximate surface area is 172 Å². The van der Waals surface area contributed by atoms with Crippen molar-refractivity contribution < 1.29 is 22.4 Å². The van der Waals surface area contributed by atoms with Gasteiger partial charge in [0, 0.05) is 18.5 Å². The molecular weight excluding hydrogens is 418 g/mol. The van der Waals surface area contributed by atoms with Crippen LogP contribution in [0.2, 0.25) is 0 Å². The number of carbonyl (C=O) groups excluding carboxylic acids is 1. The number of amides is 1. The highest BCUT2D eigenvalue weighted by molar-refractivity contribution is 5.92. The van der Waals surface area contributed by atoms with E-state index >= 15 is 0 Å². The van der Waals surface area contributed by atoms with Gasteiger partial charge >= 0.3 is 6.18 Å². The number of rotatable bonds is 5. The van der Waals surface area contributed by atoms with E-state index in [-0.39, 0.29) is 28.8 Å². The molecule has 11 heteroatoms. The number of halogens is 4. The molecule has 1 atom stereocenters. The topological polar surface area (TPSA) is 101 Å². The van der Waals surface area contributed by atoms with E-state index in [0.717, 1.165) is 31.0 Å². The van der Waals surface area contributed by atoms with E-state index in [1.165, 1.54) is 12.4 Å². The zero-order valence-electron chi connectivity index (χ0n) is 15.8. The number of alkyl halides is 3. The first-order valence-electron chi connectivity index (χ1n) is 9.28. The van der Waals surface area contributed by atoms with Crippen molar-refractivity contribution in [1.82, 2.24) is 25.3 Å². The Bertz CT molecular complexity index is 1180. The van der Waals surface area contributed by atoms with Crippen LogP contribution in [0.25, 0.3) is 11.6 Å². The second-order valence-electron chi connectivity index (χ2n) is 7.08. The Morgan fingerprint density at radius 2 is 1.87 bits per heavy atom. The Balaban J connectivity index is 1.62. The van der Waals surface area contributed by atoms with Crippen molar-refractivity contribution >= 4 is 5.91 Å². The molecule has 31 heavy (non-hydrogen) atoms. The molecule has 2 N–H and O–H groups in total. The summed E-state index contributed by atoms with van der Waals surface area (Å²) in [6.07, 6.45) is -0.487. The molecule has 1 unspecified atom stereocenters. The maximum Gasteiger partial charge on any atom is 0.419 e. The number of hydrogen-bond donors (Lipinski definition) is 2. The highest BCUT2D eigenvalue weighted by Gasteiger charge is 2.37. The summed E-state index contributed by atoms with van der Waals surface area (Å²) in [5.74, 6) is -2.10. The van der Waals surface area contributed by atoms with E-state index in [9.17, 15) is 27.2 Å². The van der Waals surface area contributed by atoms with Gasteiger partial charge in [0.1, 0.15) is 11.5 Å². The van der Waals surface area contributed by atoms with Crippen LogP contribution >= 0.6 is 0 Å². The van der Waals surface area contributed by atoms with Gasteiger partial charge in [-0.1, -0.05) is 6.07 Å². The number of nitrogens with one attached hydrogen (secondary N) is 2. The molecule has 2 aromatic heterocycles. The number of H-pyrrole nitrogens is 1. The molecule has 1 fully saturated rings. The van der Waals surface area contributed by atoms with Gasteiger partial charge in [-0.05, 0) is 42.5 Å². The van der Waals surface area contributed by atoms with E-state index in [0.29, 0.717) is 6.07 Å². The minimum Gasteiger partial charge on any atom is -0.344 e. The molecule has 1 saturated carbocycles. The predicted molar refractivity (Wildman–Crippen MR) is 100 cm³/mol. The summed E-state index contributed by atoms with van der Waals surface area (Å²) in [5.41, 5.74) is -1.99. The van der Waals surface area contributed by atoms with Gasteiger partial charge in [0.05, 0.1) is 11.6 Å². The van der Waals surface area contributed by atoms with Crippen LogP contribution in [0.1, 0.15) is 40.5 Å². The van der Waals surface area contributed by atoms with E-state index in [2.05, 4.69) is 25.3 Å². The van der Waals surface area contributed by atoms with Crippen LogP contribution in [0.15, 0.2) is 47.5 Å². The zero-order valence-corrected chi connectivity index (χ0v) is 15.8. The number of benzene rings is 1. The van der Waals surface area contributed by atoms with Gasteiger partial charge in [0.15, 0.2) is 11.6 Å². The van der Waals surface area contributed by atoms with Crippen LogP contribution in [-0.4, -0.2) is 25.8 Å². The molecule has 4 rings (SSSR count). The average Bonchev–Trinajstić information content (AvgIpc) is 3.56. The molecule has 7 nitrogen and oxygen atoms in total. The summed E-state index contributed by atoms with van der Waals surface area (Å²) in [6, 6.07) is 4.41. The summed E-state index contributed by atoms with van der Waals surface area (Å²) >= 11 is 0. The van der Waals surface area contributed by atoms with Gasteiger partial charge in [0.2, 0.25) is 0 Å². The molecule has 0 radical (unpaired) electrons. The van der Waals surface area contributed by atoms with Gasteiger partial charge in [-0.25, -0.2) is 19.3 Å².